The summed E-state index contributed by atoms with van der Waals surface area (Å²) in [5.74, 6) is 3.41. The molecule has 61 heavy (non-hydrogen) atoms. The molecule has 1 unspecified atom stereocenters. The van der Waals surface area contributed by atoms with Crippen molar-refractivity contribution < 1.29 is 34.8 Å². The van der Waals surface area contributed by atoms with Gasteiger partial charge in [-0.1, -0.05) is 81.8 Å². The summed E-state index contributed by atoms with van der Waals surface area (Å²) in [4.78, 5) is 47.6. The number of allylic oxidation sites excluding steroid dienone is 2. The number of aliphatic carboxylic acids is 1. The Morgan fingerprint density at radius 1 is 0.918 bits per heavy atom. The van der Waals surface area contributed by atoms with Crippen LogP contribution in [0.5, 0.6) is 0 Å². The van der Waals surface area contributed by atoms with Gasteiger partial charge in [0, 0.05) is 70.3 Å². The molecule has 10 rings (SSSR count). The van der Waals surface area contributed by atoms with E-state index in [1.54, 1.807) is 6.08 Å². The fraction of sp³-hybridized carbons (Fsp3) is 0.569. The quantitative estimate of drug-likeness (QED) is 0.0707. The van der Waals surface area contributed by atoms with Gasteiger partial charge in [0.25, 0.3) is 0 Å². The largest absolute Gasteiger partial charge is 0.478 e. The van der Waals surface area contributed by atoms with Gasteiger partial charge in [-0.05, 0) is 97.5 Å². The molecule has 10 heteroatoms. The van der Waals surface area contributed by atoms with Gasteiger partial charge in [0.05, 0.1) is 17.2 Å². The van der Waals surface area contributed by atoms with Crippen LogP contribution in [0.4, 0.5) is 0 Å². The third-order valence-electron chi connectivity index (χ3n) is 18.9. The number of carbonyl (C=O) groups excluding carboxylic acids is 2. The number of carboxylic acids is 1. The first-order chi connectivity index (χ1) is 28.7. The van der Waals surface area contributed by atoms with Crippen LogP contribution in [0.3, 0.4) is 0 Å². The molecule has 13 atom stereocenters. The summed E-state index contributed by atoms with van der Waals surface area (Å²) in [5, 5.41) is 50.8. The molecule has 1 aromatic rings. The zero-order valence-corrected chi connectivity index (χ0v) is 36.0. The van der Waals surface area contributed by atoms with Gasteiger partial charge in [0.15, 0.2) is 11.7 Å². The molecule has 2 spiro atoms. The summed E-state index contributed by atoms with van der Waals surface area (Å²) in [5.41, 5.74) is 7.85. The van der Waals surface area contributed by atoms with E-state index < -0.39 is 79.6 Å². The molecule has 10 nitrogen and oxygen atoms in total. The fourth-order valence-corrected chi connectivity index (χ4v) is 16.4. The highest BCUT2D eigenvalue weighted by molar-refractivity contribution is 6.02. The summed E-state index contributed by atoms with van der Waals surface area (Å²) < 4.78 is 0. The van der Waals surface area contributed by atoms with Crippen LogP contribution in [0.1, 0.15) is 110 Å². The Morgan fingerprint density at radius 2 is 1.67 bits per heavy atom. The molecule has 0 amide bonds. The standard InChI is InChI=1S/C51H59N3O7/c1-28(42(58)59)33-15-20-48(54-43(52)53)22-21-47(29(2)36(48)39(33)57)27-49(60)23-24-50(61)37(32-14-13-30-11-7-8-12-31(30)25-32)40-44(3)17-9-6-10-18-51(49)41(50)38(34(55)26-46(47,51)5)45(40,4)19-16-35(44)56/h7-8,11-12,21-25,29,36-37,39-40,57,60-61H,10,13-20,26-27H2,1-5H3,(H,58,59)(H4,52,53,54)/t29-,36-,37?,39+,40-,44+,45-,46+,47-,48-,49+,50-,51+/m0/s1. The number of rotatable bonds is 3. The van der Waals surface area contributed by atoms with Gasteiger partial charge in [-0.2, -0.15) is 0 Å². The van der Waals surface area contributed by atoms with E-state index in [0.29, 0.717) is 55.2 Å². The number of Topliss-reactive ketones (excluding diaryl/α,β-unsaturated/α-hetero) is 2. The van der Waals surface area contributed by atoms with Crippen molar-refractivity contribution in [1.82, 2.24) is 0 Å². The summed E-state index contributed by atoms with van der Waals surface area (Å²) >= 11 is 0. The maximum absolute atomic E-state index is 15.8. The van der Waals surface area contributed by atoms with Gasteiger partial charge in [0.2, 0.25) is 0 Å². The van der Waals surface area contributed by atoms with Gasteiger partial charge in [-0.3, -0.25) is 9.59 Å². The highest BCUT2D eigenvalue weighted by Gasteiger charge is 2.84. The number of ketones is 2. The molecule has 3 fully saturated rings. The lowest BCUT2D eigenvalue weighted by Gasteiger charge is -2.70. The summed E-state index contributed by atoms with van der Waals surface area (Å²) in [6, 6.07) is 8.31. The number of aliphatic hydroxyl groups is 3. The van der Waals surface area contributed by atoms with E-state index in [4.69, 9.17) is 16.5 Å². The van der Waals surface area contributed by atoms with E-state index in [2.05, 4.69) is 50.0 Å². The van der Waals surface area contributed by atoms with Crippen LogP contribution in [0.2, 0.25) is 0 Å². The monoisotopic (exact) mass is 825 g/mol. The number of aliphatic hydroxyl groups excluding tert-OH is 1. The van der Waals surface area contributed by atoms with Crippen molar-refractivity contribution >= 4 is 29.6 Å². The zero-order valence-electron chi connectivity index (χ0n) is 36.0. The molecular weight excluding hydrogens is 767 g/mol. The minimum atomic E-state index is -1.74. The lowest BCUT2D eigenvalue weighted by Crippen LogP contribution is -2.71. The van der Waals surface area contributed by atoms with Gasteiger partial charge in [-0.15, -0.1) is 11.8 Å². The average molecular weight is 826 g/mol. The first kappa shape index (κ1) is 40.5. The van der Waals surface area contributed by atoms with Crippen LogP contribution in [0.25, 0.3) is 6.08 Å². The second-order valence-electron chi connectivity index (χ2n) is 21.1. The Bertz CT molecular complexity index is 2500. The second kappa shape index (κ2) is 12.5. The highest BCUT2D eigenvalue weighted by atomic mass is 16.4. The summed E-state index contributed by atoms with van der Waals surface area (Å²) in [6.45, 7) is 9.83. The first-order valence-electron chi connectivity index (χ1n) is 22.3. The molecule has 9 aliphatic carbocycles. The SMILES string of the molecule is CC(C(=O)O)=C1CC[C@]2(N=C(N)N)C=C[C@]3(C[C@]4(O)C=C[C@@]5(O)C6=C7C(=O)C[C@@]3(C)[C@@]64CCC#CC[C@]3(C)C(=O)CC[C@]7(C)[C@H]3C5C3=Cc4ccccc4CC3)[C@@H](C)[C@H]2[C@@H]1O. The highest BCUT2D eigenvalue weighted by Crippen LogP contribution is 2.84. The minimum Gasteiger partial charge on any atom is -0.478 e. The summed E-state index contributed by atoms with van der Waals surface area (Å²) in [6.07, 6.45) is 12.7. The Labute approximate surface area is 358 Å². The second-order valence-corrected chi connectivity index (χ2v) is 21.1. The van der Waals surface area contributed by atoms with E-state index in [0.717, 1.165) is 17.6 Å². The summed E-state index contributed by atoms with van der Waals surface area (Å²) in [7, 11) is 0. The van der Waals surface area contributed by atoms with Crippen LogP contribution < -0.4 is 11.5 Å². The van der Waals surface area contributed by atoms with Crippen LogP contribution in [-0.4, -0.2) is 66.8 Å². The number of carbonyl (C=O) groups is 3. The van der Waals surface area contributed by atoms with E-state index in [1.165, 1.54) is 12.5 Å². The number of aliphatic imine (C=N–C) groups is 1. The number of nitrogens with two attached hydrogens (primary N) is 2. The number of carboxylic acid groups (broad SMARTS) is 1. The van der Waals surface area contributed by atoms with Crippen LogP contribution in [0, 0.1) is 62.6 Å². The number of guanidine groups is 1. The molecule has 4 bridgehead atoms. The number of hydrogen-bond acceptors (Lipinski definition) is 7. The van der Waals surface area contributed by atoms with Gasteiger partial charge in [0.1, 0.15) is 11.4 Å². The fourth-order valence-electron chi connectivity index (χ4n) is 16.4. The predicted octanol–water partition coefficient (Wildman–Crippen LogP) is 5.90. The van der Waals surface area contributed by atoms with E-state index in [1.807, 2.05) is 38.1 Å². The molecule has 1 aromatic carbocycles. The molecule has 3 saturated carbocycles. The molecular formula is C51H59N3O7. The maximum Gasteiger partial charge on any atom is 0.331 e. The zero-order chi connectivity index (χ0) is 43.5. The average Bonchev–Trinajstić information content (AvgIpc) is 3.36. The van der Waals surface area contributed by atoms with Crippen molar-refractivity contribution in [3.8, 4) is 11.8 Å². The van der Waals surface area contributed by atoms with Gasteiger partial charge in [-0.25, -0.2) is 9.79 Å². The lowest BCUT2D eigenvalue weighted by atomic mass is 9.33. The van der Waals surface area contributed by atoms with E-state index in [9.17, 15) is 30.0 Å². The Hall–Kier alpha value is -4.56. The van der Waals surface area contributed by atoms with Crippen molar-refractivity contribution in [1.29, 1.82) is 0 Å². The molecule has 0 aromatic heterocycles. The van der Waals surface area contributed by atoms with Gasteiger partial charge >= 0.3 is 5.97 Å². The molecule has 0 radical (unpaired) electrons. The van der Waals surface area contributed by atoms with Crippen molar-refractivity contribution in [2.24, 2.45) is 67.2 Å². The Morgan fingerprint density at radius 3 is 2.41 bits per heavy atom. The van der Waals surface area contributed by atoms with Crippen molar-refractivity contribution in [3.63, 3.8) is 0 Å². The van der Waals surface area contributed by atoms with Gasteiger partial charge < -0.3 is 31.9 Å². The lowest BCUT2D eigenvalue weighted by molar-refractivity contribution is -0.171. The first-order valence-corrected chi connectivity index (χ1v) is 22.3. The third kappa shape index (κ3) is 4.65. The third-order valence-corrected chi connectivity index (χ3v) is 18.9. The molecule has 0 saturated heterocycles. The van der Waals surface area contributed by atoms with E-state index >= 15 is 4.79 Å². The Balaban J connectivity index is 1.28. The number of benzene rings is 1. The molecule has 0 heterocycles. The van der Waals surface area contributed by atoms with Crippen LogP contribution in [0.15, 0.2) is 81.4 Å². The van der Waals surface area contributed by atoms with Crippen molar-refractivity contribution in [2.45, 2.75) is 128 Å². The maximum atomic E-state index is 15.8. The Kier molecular flexibility index (Phi) is 8.33. The minimum absolute atomic E-state index is 0.0584. The number of hydrogen-bond donors (Lipinski definition) is 6. The van der Waals surface area contributed by atoms with Crippen molar-refractivity contribution in [2.75, 3.05) is 0 Å². The molecule has 9 aliphatic rings. The van der Waals surface area contributed by atoms with Crippen molar-refractivity contribution in [3.05, 3.63) is 87.6 Å². The number of nitrogens with zero attached hydrogens (tertiary/aromatic N) is 1. The number of fused-ring (bicyclic) bond motifs is 4. The van der Waals surface area contributed by atoms with Crippen LogP contribution >= 0.6 is 0 Å². The smallest absolute Gasteiger partial charge is 0.331 e. The normalized spacial score (nSPS) is 47.1. The molecule has 0 aliphatic heterocycles. The topological polar surface area (TPSA) is 197 Å². The number of aryl methyl sites for hydroxylation is 1. The molecule has 8 N–H and O–H groups in total. The predicted molar refractivity (Wildman–Crippen MR) is 231 cm³/mol. The van der Waals surface area contributed by atoms with Crippen LogP contribution in [-0.2, 0) is 20.8 Å². The van der Waals surface area contributed by atoms with E-state index in [-0.39, 0.29) is 48.8 Å². The molecule has 320 valence electrons.